The summed E-state index contributed by atoms with van der Waals surface area (Å²) in [7, 11) is 0. The lowest BCUT2D eigenvalue weighted by atomic mass is 9.99. The Morgan fingerprint density at radius 3 is 2.27 bits per heavy atom. The van der Waals surface area contributed by atoms with E-state index in [4.69, 9.17) is 4.74 Å². The molecule has 2 saturated heterocycles. The lowest BCUT2D eigenvalue weighted by Gasteiger charge is -2.24. The number of benzene rings is 2. The molecular formula is C22H26N2O2. The van der Waals surface area contributed by atoms with Gasteiger partial charge in [-0.1, -0.05) is 48.5 Å². The van der Waals surface area contributed by atoms with E-state index in [1.807, 2.05) is 0 Å². The summed E-state index contributed by atoms with van der Waals surface area (Å²) in [5.74, 6) is -0.0464. The molecule has 0 spiro atoms. The summed E-state index contributed by atoms with van der Waals surface area (Å²) in [6.45, 7) is 4.40. The number of rotatable bonds is 5. The first kappa shape index (κ1) is 17.3. The summed E-state index contributed by atoms with van der Waals surface area (Å²) in [6, 6.07) is 17.3. The predicted molar refractivity (Wildman–Crippen MR) is 103 cm³/mol. The highest BCUT2D eigenvalue weighted by molar-refractivity contribution is 5.78. The van der Waals surface area contributed by atoms with Crippen LogP contribution in [0.5, 0.6) is 0 Å². The first-order valence-corrected chi connectivity index (χ1v) is 9.57. The Labute approximate surface area is 155 Å². The van der Waals surface area contributed by atoms with Gasteiger partial charge in [-0.2, -0.15) is 0 Å². The van der Waals surface area contributed by atoms with Crippen LogP contribution < -0.4 is 5.32 Å². The number of hydrogen-bond acceptors (Lipinski definition) is 3. The third-order valence-electron chi connectivity index (χ3n) is 5.37. The highest BCUT2D eigenvalue weighted by atomic mass is 16.5. The van der Waals surface area contributed by atoms with Crippen LogP contribution in [0.3, 0.4) is 0 Å². The van der Waals surface area contributed by atoms with Crippen molar-refractivity contribution in [3.05, 3.63) is 59.7 Å². The highest BCUT2D eigenvalue weighted by Crippen LogP contribution is 2.24. The van der Waals surface area contributed by atoms with Crippen LogP contribution in [0.25, 0.3) is 11.1 Å². The van der Waals surface area contributed by atoms with Crippen molar-refractivity contribution in [3.8, 4) is 11.1 Å². The topological polar surface area (TPSA) is 41.6 Å². The van der Waals surface area contributed by atoms with Crippen LogP contribution in [0.1, 0.15) is 30.0 Å². The van der Waals surface area contributed by atoms with Gasteiger partial charge in [0.25, 0.3) is 0 Å². The molecule has 1 amide bonds. The monoisotopic (exact) mass is 350 g/mol. The first-order chi connectivity index (χ1) is 12.8. The molecule has 0 aliphatic carbocycles. The second-order valence-corrected chi connectivity index (χ2v) is 7.25. The molecule has 0 aromatic heterocycles. The number of morpholine rings is 1. The Balaban J connectivity index is 1.38. The van der Waals surface area contributed by atoms with Crippen LogP contribution in [-0.4, -0.2) is 43.7 Å². The lowest BCUT2D eigenvalue weighted by molar-refractivity contribution is -0.131. The Kier molecular flexibility index (Phi) is 5.32. The van der Waals surface area contributed by atoms with E-state index in [1.54, 1.807) is 0 Å². The van der Waals surface area contributed by atoms with Crippen LogP contribution >= 0.6 is 0 Å². The maximum atomic E-state index is 11.5. The van der Waals surface area contributed by atoms with Gasteiger partial charge in [-0.15, -0.1) is 0 Å². The minimum atomic E-state index is -0.0464. The second kappa shape index (κ2) is 8.02. The quantitative estimate of drug-likeness (QED) is 0.900. The number of carbonyl (C=O) groups is 1. The van der Waals surface area contributed by atoms with Crippen molar-refractivity contribution < 1.29 is 9.53 Å². The third-order valence-corrected chi connectivity index (χ3v) is 5.37. The standard InChI is InChI=1S/C22H26N2O2/c25-22-16-26-15-21(23-22)20-9-7-19(8-10-20)18-5-3-17(4-6-18)11-14-24-12-1-2-13-24/h3-10,21H,1-2,11-16H2,(H,23,25). The van der Waals surface area contributed by atoms with Gasteiger partial charge >= 0.3 is 0 Å². The van der Waals surface area contributed by atoms with Crippen molar-refractivity contribution in [3.63, 3.8) is 0 Å². The SMILES string of the molecule is O=C1COCC(c2ccc(-c3ccc(CCN4CCCC4)cc3)cc2)N1. The molecule has 4 heteroatoms. The molecule has 0 radical (unpaired) electrons. The zero-order valence-electron chi connectivity index (χ0n) is 15.1. The summed E-state index contributed by atoms with van der Waals surface area (Å²) in [4.78, 5) is 14.0. The molecule has 2 fully saturated rings. The highest BCUT2D eigenvalue weighted by Gasteiger charge is 2.20. The van der Waals surface area contributed by atoms with Gasteiger partial charge in [0, 0.05) is 6.54 Å². The molecule has 0 bridgehead atoms. The van der Waals surface area contributed by atoms with E-state index in [0.717, 1.165) is 12.0 Å². The van der Waals surface area contributed by atoms with E-state index in [1.165, 1.54) is 49.2 Å². The van der Waals surface area contributed by atoms with E-state index in [2.05, 4.69) is 58.7 Å². The van der Waals surface area contributed by atoms with E-state index in [-0.39, 0.29) is 18.6 Å². The van der Waals surface area contributed by atoms with Gasteiger partial charge in [0.2, 0.25) is 5.91 Å². The molecule has 1 N–H and O–H groups in total. The summed E-state index contributed by atoms with van der Waals surface area (Å²) >= 11 is 0. The van der Waals surface area contributed by atoms with Crippen LogP contribution in [0.15, 0.2) is 48.5 Å². The number of amides is 1. The average molecular weight is 350 g/mol. The Bertz CT molecular complexity index is 734. The molecule has 4 nitrogen and oxygen atoms in total. The molecule has 2 aliphatic heterocycles. The Morgan fingerprint density at radius 2 is 1.62 bits per heavy atom. The fraction of sp³-hybridized carbons (Fsp3) is 0.409. The van der Waals surface area contributed by atoms with Gasteiger partial charge in [0.1, 0.15) is 6.61 Å². The van der Waals surface area contributed by atoms with Crippen molar-refractivity contribution in [1.29, 1.82) is 0 Å². The molecule has 2 aromatic carbocycles. The number of carbonyl (C=O) groups excluding carboxylic acids is 1. The normalized spacial score (nSPS) is 20.9. The Hall–Kier alpha value is -2.17. The first-order valence-electron chi connectivity index (χ1n) is 9.57. The van der Waals surface area contributed by atoms with Crippen molar-refractivity contribution in [1.82, 2.24) is 10.2 Å². The van der Waals surface area contributed by atoms with Gasteiger partial charge in [0.05, 0.1) is 12.6 Å². The molecular weight excluding hydrogens is 324 g/mol. The molecule has 4 rings (SSSR count). The fourth-order valence-corrected chi connectivity index (χ4v) is 3.79. The van der Waals surface area contributed by atoms with Crippen LogP contribution in [0.2, 0.25) is 0 Å². The van der Waals surface area contributed by atoms with E-state index < -0.39 is 0 Å². The second-order valence-electron chi connectivity index (χ2n) is 7.25. The van der Waals surface area contributed by atoms with E-state index >= 15 is 0 Å². The third kappa shape index (κ3) is 4.14. The van der Waals surface area contributed by atoms with Crippen molar-refractivity contribution >= 4 is 5.91 Å². The largest absolute Gasteiger partial charge is 0.369 e. The summed E-state index contributed by atoms with van der Waals surface area (Å²) < 4.78 is 5.32. The molecule has 2 aliphatic rings. The predicted octanol–water partition coefficient (Wildman–Crippen LogP) is 3.18. The zero-order chi connectivity index (χ0) is 17.8. The molecule has 26 heavy (non-hydrogen) atoms. The van der Waals surface area contributed by atoms with Crippen LogP contribution in [0, 0.1) is 0 Å². The number of likely N-dealkylation sites (tertiary alicyclic amines) is 1. The van der Waals surface area contributed by atoms with Crippen molar-refractivity contribution in [2.24, 2.45) is 0 Å². The van der Waals surface area contributed by atoms with Gasteiger partial charge in [0.15, 0.2) is 0 Å². The summed E-state index contributed by atoms with van der Waals surface area (Å²) in [6.07, 6.45) is 3.83. The maximum absolute atomic E-state index is 11.5. The number of nitrogens with zero attached hydrogens (tertiary/aromatic N) is 1. The maximum Gasteiger partial charge on any atom is 0.246 e. The van der Waals surface area contributed by atoms with Crippen LogP contribution in [0.4, 0.5) is 0 Å². The van der Waals surface area contributed by atoms with Crippen molar-refractivity contribution in [2.45, 2.75) is 25.3 Å². The lowest BCUT2D eigenvalue weighted by Crippen LogP contribution is -2.39. The fourth-order valence-electron chi connectivity index (χ4n) is 3.79. The number of hydrogen-bond donors (Lipinski definition) is 1. The summed E-state index contributed by atoms with van der Waals surface area (Å²) in [5.41, 5.74) is 4.91. The Morgan fingerprint density at radius 1 is 0.962 bits per heavy atom. The van der Waals surface area contributed by atoms with E-state index in [0.29, 0.717) is 6.61 Å². The minimum Gasteiger partial charge on any atom is -0.369 e. The molecule has 2 heterocycles. The molecule has 0 saturated carbocycles. The zero-order valence-corrected chi connectivity index (χ0v) is 15.1. The van der Waals surface area contributed by atoms with Gasteiger partial charge in [-0.05, 0) is 54.6 Å². The van der Waals surface area contributed by atoms with Gasteiger partial charge < -0.3 is 15.0 Å². The smallest absolute Gasteiger partial charge is 0.246 e. The van der Waals surface area contributed by atoms with Gasteiger partial charge in [-0.25, -0.2) is 0 Å². The van der Waals surface area contributed by atoms with Crippen molar-refractivity contribution in [2.75, 3.05) is 32.8 Å². The summed E-state index contributed by atoms with van der Waals surface area (Å²) in [5, 5.41) is 2.97. The molecule has 1 unspecified atom stereocenters. The number of nitrogens with one attached hydrogen (secondary N) is 1. The molecule has 1 atom stereocenters. The minimum absolute atomic E-state index is 0.0433. The molecule has 2 aromatic rings. The number of ether oxygens (including phenoxy) is 1. The molecule has 136 valence electrons. The van der Waals surface area contributed by atoms with E-state index in [9.17, 15) is 4.79 Å². The average Bonchev–Trinajstić information content (AvgIpc) is 3.21. The van der Waals surface area contributed by atoms with Gasteiger partial charge in [-0.3, -0.25) is 4.79 Å². The van der Waals surface area contributed by atoms with Crippen LogP contribution in [-0.2, 0) is 16.0 Å².